The Balaban J connectivity index is 1.79. The molecule has 3 aromatic rings. The first-order chi connectivity index (χ1) is 12.1. The number of anilines is 1. The predicted molar refractivity (Wildman–Crippen MR) is 98.0 cm³/mol. The number of nitrogens with zero attached hydrogens (tertiary/aromatic N) is 1. The standard InChI is InChI=1S/C19H18N2O3S/c1-12-15(13(2)24-21-12)11-25-18-10-6-3-7-14(18)19(23)20-16-8-4-5-9-17(16)22/h3-10,22H,11H2,1-2H3,(H,20,23). The lowest BCUT2D eigenvalue weighted by molar-refractivity contribution is 0.102. The Hall–Kier alpha value is -2.73. The molecule has 1 amide bonds. The fraction of sp³-hybridized carbons (Fsp3) is 0.158. The van der Waals surface area contributed by atoms with Crippen molar-refractivity contribution in [3.05, 3.63) is 71.1 Å². The highest BCUT2D eigenvalue weighted by Crippen LogP contribution is 2.30. The Labute approximate surface area is 150 Å². The quantitative estimate of drug-likeness (QED) is 0.520. The van der Waals surface area contributed by atoms with Crippen molar-refractivity contribution in [1.29, 1.82) is 0 Å². The van der Waals surface area contributed by atoms with E-state index in [1.54, 1.807) is 36.0 Å². The van der Waals surface area contributed by atoms with E-state index in [0.29, 0.717) is 17.0 Å². The molecule has 0 radical (unpaired) electrons. The van der Waals surface area contributed by atoms with Crippen LogP contribution in [0.3, 0.4) is 0 Å². The van der Waals surface area contributed by atoms with E-state index >= 15 is 0 Å². The van der Waals surface area contributed by atoms with Crippen LogP contribution in [0.15, 0.2) is 57.9 Å². The molecule has 1 aromatic heterocycles. The molecule has 3 rings (SSSR count). The first-order valence-electron chi connectivity index (χ1n) is 7.79. The number of phenols is 1. The highest BCUT2D eigenvalue weighted by atomic mass is 32.2. The van der Waals surface area contributed by atoms with Crippen molar-refractivity contribution in [2.75, 3.05) is 5.32 Å². The number of nitrogens with one attached hydrogen (secondary N) is 1. The Morgan fingerprint density at radius 1 is 1.16 bits per heavy atom. The van der Waals surface area contributed by atoms with E-state index in [0.717, 1.165) is 21.9 Å². The lowest BCUT2D eigenvalue weighted by Crippen LogP contribution is -2.13. The molecule has 25 heavy (non-hydrogen) atoms. The highest BCUT2D eigenvalue weighted by Gasteiger charge is 2.15. The summed E-state index contributed by atoms with van der Waals surface area (Å²) in [7, 11) is 0. The van der Waals surface area contributed by atoms with Gasteiger partial charge in [-0.2, -0.15) is 0 Å². The summed E-state index contributed by atoms with van der Waals surface area (Å²) >= 11 is 1.55. The lowest BCUT2D eigenvalue weighted by Gasteiger charge is -2.11. The molecule has 1 heterocycles. The third kappa shape index (κ3) is 3.85. The molecule has 0 spiro atoms. The second-order valence-corrected chi connectivity index (χ2v) is 6.58. The average Bonchev–Trinajstić information content (AvgIpc) is 2.93. The van der Waals surface area contributed by atoms with E-state index in [9.17, 15) is 9.90 Å². The van der Waals surface area contributed by atoms with Crippen molar-refractivity contribution in [3.63, 3.8) is 0 Å². The SMILES string of the molecule is Cc1noc(C)c1CSc1ccccc1C(=O)Nc1ccccc1O. The van der Waals surface area contributed by atoms with Gasteiger partial charge >= 0.3 is 0 Å². The number of para-hydroxylation sites is 2. The van der Waals surface area contributed by atoms with E-state index in [1.807, 2.05) is 32.0 Å². The first-order valence-corrected chi connectivity index (χ1v) is 8.77. The van der Waals surface area contributed by atoms with E-state index in [-0.39, 0.29) is 11.7 Å². The van der Waals surface area contributed by atoms with Gasteiger partial charge in [-0.15, -0.1) is 11.8 Å². The van der Waals surface area contributed by atoms with Crippen molar-refractivity contribution in [3.8, 4) is 5.75 Å². The van der Waals surface area contributed by atoms with E-state index < -0.39 is 0 Å². The summed E-state index contributed by atoms with van der Waals surface area (Å²) in [5, 5.41) is 16.5. The van der Waals surface area contributed by atoms with E-state index in [2.05, 4.69) is 10.5 Å². The first kappa shape index (κ1) is 17.1. The number of hydrogen-bond acceptors (Lipinski definition) is 5. The molecule has 0 bridgehead atoms. The van der Waals surface area contributed by atoms with Crippen LogP contribution in [0.2, 0.25) is 0 Å². The zero-order chi connectivity index (χ0) is 17.8. The zero-order valence-corrected chi connectivity index (χ0v) is 14.8. The smallest absolute Gasteiger partial charge is 0.256 e. The van der Waals surface area contributed by atoms with Crippen molar-refractivity contribution < 1.29 is 14.4 Å². The van der Waals surface area contributed by atoms with Crippen molar-refractivity contribution in [1.82, 2.24) is 5.16 Å². The number of thioether (sulfide) groups is 1. The fourth-order valence-corrected chi connectivity index (χ4v) is 3.61. The number of carbonyl (C=O) groups is 1. The molecule has 0 aliphatic carbocycles. The van der Waals surface area contributed by atoms with Crippen LogP contribution in [-0.4, -0.2) is 16.2 Å². The largest absolute Gasteiger partial charge is 0.506 e. The maximum Gasteiger partial charge on any atom is 0.256 e. The number of amides is 1. The van der Waals surface area contributed by atoms with Crippen LogP contribution in [-0.2, 0) is 5.75 Å². The molecule has 0 saturated heterocycles. The maximum atomic E-state index is 12.6. The van der Waals surface area contributed by atoms with Crippen LogP contribution in [0.4, 0.5) is 5.69 Å². The van der Waals surface area contributed by atoms with E-state index in [1.165, 1.54) is 6.07 Å². The zero-order valence-electron chi connectivity index (χ0n) is 13.9. The van der Waals surface area contributed by atoms with Crippen LogP contribution in [0.5, 0.6) is 5.75 Å². The molecule has 0 aliphatic rings. The molecule has 0 fully saturated rings. The summed E-state index contributed by atoms with van der Waals surface area (Å²) in [5.74, 6) is 1.24. The second kappa shape index (κ2) is 7.44. The van der Waals surface area contributed by atoms with Gasteiger partial charge in [-0.1, -0.05) is 29.4 Å². The topological polar surface area (TPSA) is 75.4 Å². The molecule has 0 atom stereocenters. The van der Waals surface area contributed by atoms with Gasteiger partial charge in [0.1, 0.15) is 11.5 Å². The van der Waals surface area contributed by atoms with Gasteiger partial charge in [-0.25, -0.2) is 0 Å². The number of aryl methyl sites for hydroxylation is 2. The lowest BCUT2D eigenvalue weighted by atomic mass is 10.2. The van der Waals surface area contributed by atoms with Crippen LogP contribution >= 0.6 is 11.8 Å². The maximum absolute atomic E-state index is 12.6. The summed E-state index contributed by atoms with van der Waals surface area (Å²) in [5.41, 5.74) is 2.85. The Morgan fingerprint density at radius 3 is 2.60 bits per heavy atom. The summed E-state index contributed by atoms with van der Waals surface area (Å²) in [6.07, 6.45) is 0. The second-order valence-electron chi connectivity index (χ2n) is 5.56. The van der Waals surface area contributed by atoms with Crippen molar-refractivity contribution in [2.45, 2.75) is 24.5 Å². The number of rotatable bonds is 5. The number of phenolic OH excluding ortho intramolecular Hbond substituents is 1. The van der Waals surface area contributed by atoms with Crippen LogP contribution in [0, 0.1) is 13.8 Å². The number of hydrogen-bond donors (Lipinski definition) is 2. The average molecular weight is 354 g/mol. The van der Waals surface area contributed by atoms with Gasteiger partial charge in [-0.3, -0.25) is 4.79 Å². The summed E-state index contributed by atoms with van der Waals surface area (Å²) in [4.78, 5) is 13.5. The molecule has 6 heteroatoms. The van der Waals surface area contributed by atoms with Crippen molar-refractivity contribution >= 4 is 23.4 Å². The van der Waals surface area contributed by atoms with Gasteiger partial charge in [0.25, 0.3) is 5.91 Å². The predicted octanol–water partition coefficient (Wildman–Crippen LogP) is 4.54. The summed E-state index contributed by atoms with van der Waals surface area (Å²) < 4.78 is 5.18. The van der Waals surface area contributed by atoms with Gasteiger partial charge in [0.05, 0.1) is 16.9 Å². The third-order valence-electron chi connectivity index (χ3n) is 3.84. The Bertz CT molecular complexity index is 886. The Morgan fingerprint density at radius 2 is 1.88 bits per heavy atom. The van der Waals surface area contributed by atoms with E-state index in [4.69, 9.17) is 4.52 Å². The van der Waals surface area contributed by atoms with Crippen LogP contribution in [0.1, 0.15) is 27.4 Å². The van der Waals surface area contributed by atoms with Gasteiger partial charge < -0.3 is 14.9 Å². The molecule has 5 nitrogen and oxygen atoms in total. The minimum atomic E-state index is -0.261. The summed E-state index contributed by atoms with van der Waals surface area (Å²) in [6, 6.07) is 14.0. The monoisotopic (exact) mass is 354 g/mol. The third-order valence-corrected chi connectivity index (χ3v) is 4.94. The molecule has 0 saturated carbocycles. The van der Waals surface area contributed by atoms with Gasteiger partial charge in [0.15, 0.2) is 0 Å². The fourth-order valence-electron chi connectivity index (χ4n) is 2.41. The highest BCUT2D eigenvalue weighted by molar-refractivity contribution is 7.98. The number of aromatic hydroxyl groups is 1. The molecule has 2 N–H and O–H groups in total. The van der Waals surface area contributed by atoms with Gasteiger partial charge in [0.2, 0.25) is 0 Å². The minimum absolute atomic E-state index is 0.0386. The molecule has 2 aromatic carbocycles. The normalized spacial score (nSPS) is 10.6. The number of carbonyl (C=O) groups excluding carboxylic acids is 1. The van der Waals surface area contributed by atoms with Crippen LogP contribution < -0.4 is 5.32 Å². The van der Waals surface area contributed by atoms with Crippen LogP contribution in [0.25, 0.3) is 0 Å². The number of benzene rings is 2. The minimum Gasteiger partial charge on any atom is -0.506 e. The Kier molecular flexibility index (Phi) is 5.09. The summed E-state index contributed by atoms with van der Waals surface area (Å²) in [6.45, 7) is 3.79. The van der Waals surface area contributed by atoms with Crippen molar-refractivity contribution in [2.24, 2.45) is 0 Å². The molecule has 128 valence electrons. The molecule has 0 unspecified atom stereocenters. The molecule has 0 aliphatic heterocycles. The van der Waals surface area contributed by atoms with Gasteiger partial charge in [-0.05, 0) is 38.1 Å². The molecular formula is C19H18N2O3S. The van der Waals surface area contributed by atoms with Gasteiger partial charge in [0, 0.05) is 16.2 Å². The number of aromatic nitrogens is 1. The molecular weight excluding hydrogens is 336 g/mol.